The second-order valence-corrected chi connectivity index (χ2v) is 4.36. The minimum absolute atomic E-state index is 0.0817. The van der Waals surface area contributed by atoms with Crippen molar-refractivity contribution in [2.45, 2.75) is 25.3 Å². The molecule has 1 aromatic rings. The quantitative estimate of drug-likeness (QED) is 0.645. The number of benzene rings is 1. The van der Waals surface area contributed by atoms with Crippen LogP contribution in [0.15, 0.2) is 18.2 Å². The van der Waals surface area contributed by atoms with Crippen molar-refractivity contribution in [3.63, 3.8) is 0 Å². The Labute approximate surface area is 76.7 Å². The first-order valence-electron chi connectivity index (χ1n) is 4.75. The molecule has 2 N–H and O–H groups in total. The van der Waals surface area contributed by atoms with Gasteiger partial charge in [-0.15, -0.1) is 0 Å². The number of hydrogen-bond acceptors (Lipinski definition) is 1. The Balaban J connectivity index is 2.12. The fourth-order valence-corrected chi connectivity index (χ4v) is 2.48. The molecule has 1 unspecified atom stereocenters. The summed E-state index contributed by atoms with van der Waals surface area (Å²) in [4.78, 5) is 0. The lowest BCUT2D eigenvalue weighted by molar-refractivity contribution is 0.446. The summed E-state index contributed by atoms with van der Waals surface area (Å²) < 4.78 is 13.0. The third kappa shape index (κ3) is 0.894. The van der Waals surface area contributed by atoms with Crippen LogP contribution in [0.5, 0.6) is 0 Å². The molecular formula is C11H12FN. The maximum absolute atomic E-state index is 13.0. The normalized spacial score (nSPS) is 27.7. The van der Waals surface area contributed by atoms with Crippen LogP contribution in [0.3, 0.4) is 0 Å². The summed E-state index contributed by atoms with van der Waals surface area (Å²) in [7, 11) is 0. The maximum atomic E-state index is 13.0. The Hall–Kier alpha value is -0.890. The summed E-state index contributed by atoms with van der Waals surface area (Å²) in [5.74, 6) is -0.160. The number of halogens is 1. The minimum atomic E-state index is -0.160. The molecule has 0 heterocycles. The van der Waals surface area contributed by atoms with Gasteiger partial charge in [-0.25, -0.2) is 4.39 Å². The first kappa shape index (κ1) is 7.51. The van der Waals surface area contributed by atoms with Gasteiger partial charge in [-0.1, -0.05) is 6.07 Å². The summed E-state index contributed by atoms with van der Waals surface area (Å²) in [6.45, 7) is 0. The van der Waals surface area contributed by atoms with Crippen molar-refractivity contribution in [2.75, 3.05) is 0 Å². The molecule has 1 nitrogen and oxygen atoms in total. The standard InChI is InChI=1S/C11H12FN/c12-8-2-1-7-6-11(3-4-11)10(13)9(7)5-8/h1-2,5,10H,3-4,6,13H2. The highest BCUT2D eigenvalue weighted by molar-refractivity contribution is 5.40. The van der Waals surface area contributed by atoms with E-state index in [1.54, 1.807) is 6.07 Å². The van der Waals surface area contributed by atoms with E-state index < -0.39 is 0 Å². The van der Waals surface area contributed by atoms with Crippen LogP contribution in [0.1, 0.15) is 30.0 Å². The van der Waals surface area contributed by atoms with E-state index in [1.807, 2.05) is 6.07 Å². The molecule has 1 aromatic carbocycles. The Morgan fingerprint density at radius 1 is 1.38 bits per heavy atom. The number of fused-ring (bicyclic) bond motifs is 1. The van der Waals surface area contributed by atoms with Crippen molar-refractivity contribution in [3.05, 3.63) is 35.1 Å². The number of nitrogens with two attached hydrogens (primary N) is 1. The highest BCUT2D eigenvalue weighted by Crippen LogP contribution is 2.60. The third-order valence-electron chi connectivity index (χ3n) is 3.54. The van der Waals surface area contributed by atoms with E-state index >= 15 is 0 Å². The largest absolute Gasteiger partial charge is 0.323 e. The van der Waals surface area contributed by atoms with Crippen LogP contribution >= 0.6 is 0 Å². The van der Waals surface area contributed by atoms with Gasteiger partial charge in [0.25, 0.3) is 0 Å². The summed E-state index contributed by atoms with van der Waals surface area (Å²) in [5.41, 5.74) is 8.70. The van der Waals surface area contributed by atoms with Gasteiger partial charge in [-0.3, -0.25) is 0 Å². The second-order valence-electron chi connectivity index (χ2n) is 4.36. The molecule has 1 saturated carbocycles. The first-order chi connectivity index (χ1) is 6.21. The van der Waals surface area contributed by atoms with E-state index in [9.17, 15) is 4.39 Å². The molecule has 0 amide bonds. The molecule has 1 atom stereocenters. The van der Waals surface area contributed by atoms with Crippen molar-refractivity contribution < 1.29 is 4.39 Å². The Bertz CT molecular complexity index is 368. The van der Waals surface area contributed by atoms with Gasteiger partial charge in [0.2, 0.25) is 0 Å². The Morgan fingerprint density at radius 3 is 2.85 bits per heavy atom. The third-order valence-corrected chi connectivity index (χ3v) is 3.54. The lowest BCUT2D eigenvalue weighted by Gasteiger charge is -2.12. The van der Waals surface area contributed by atoms with Gasteiger partial charge in [0, 0.05) is 6.04 Å². The second kappa shape index (κ2) is 2.13. The number of rotatable bonds is 0. The Morgan fingerprint density at radius 2 is 2.15 bits per heavy atom. The van der Waals surface area contributed by atoms with E-state index in [0.29, 0.717) is 5.41 Å². The molecule has 1 spiro atoms. The molecule has 0 aliphatic heterocycles. The monoisotopic (exact) mass is 177 g/mol. The fraction of sp³-hybridized carbons (Fsp3) is 0.455. The van der Waals surface area contributed by atoms with Crippen LogP contribution in [0.2, 0.25) is 0 Å². The van der Waals surface area contributed by atoms with E-state index in [1.165, 1.54) is 24.5 Å². The van der Waals surface area contributed by atoms with Crippen LogP contribution in [-0.4, -0.2) is 0 Å². The van der Waals surface area contributed by atoms with Crippen molar-refractivity contribution >= 4 is 0 Å². The SMILES string of the molecule is NC1c2cc(F)ccc2CC12CC2. The molecule has 0 radical (unpaired) electrons. The molecule has 0 bridgehead atoms. The van der Waals surface area contributed by atoms with E-state index in [-0.39, 0.29) is 11.9 Å². The fourth-order valence-electron chi connectivity index (χ4n) is 2.48. The lowest BCUT2D eigenvalue weighted by Crippen LogP contribution is -2.17. The lowest BCUT2D eigenvalue weighted by atomic mass is 9.99. The Kier molecular flexibility index (Phi) is 1.23. The molecule has 0 aromatic heterocycles. The predicted molar refractivity (Wildman–Crippen MR) is 48.7 cm³/mol. The highest BCUT2D eigenvalue weighted by Gasteiger charge is 2.52. The minimum Gasteiger partial charge on any atom is -0.323 e. The zero-order chi connectivity index (χ0) is 9.05. The van der Waals surface area contributed by atoms with Gasteiger partial charge < -0.3 is 5.73 Å². The van der Waals surface area contributed by atoms with E-state index in [2.05, 4.69) is 0 Å². The molecule has 13 heavy (non-hydrogen) atoms. The summed E-state index contributed by atoms with van der Waals surface area (Å²) in [6, 6.07) is 5.11. The molecule has 3 rings (SSSR count). The smallest absolute Gasteiger partial charge is 0.123 e. The molecule has 68 valence electrons. The van der Waals surface area contributed by atoms with Crippen LogP contribution in [-0.2, 0) is 6.42 Å². The van der Waals surface area contributed by atoms with Crippen molar-refractivity contribution in [3.8, 4) is 0 Å². The van der Waals surface area contributed by atoms with E-state index in [4.69, 9.17) is 5.73 Å². The summed E-state index contributed by atoms with van der Waals surface area (Å²) in [6.07, 6.45) is 3.48. The molecule has 0 saturated heterocycles. The average molecular weight is 177 g/mol. The highest BCUT2D eigenvalue weighted by atomic mass is 19.1. The van der Waals surface area contributed by atoms with Crippen LogP contribution < -0.4 is 5.73 Å². The van der Waals surface area contributed by atoms with Crippen molar-refractivity contribution in [1.82, 2.24) is 0 Å². The first-order valence-corrected chi connectivity index (χ1v) is 4.75. The zero-order valence-electron chi connectivity index (χ0n) is 7.39. The van der Waals surface area contributed by atoms with Gasteiger partial charge in [0.15, 0.2) is 0 Å². The van der Waals surface area contributed by atoms with Gasteiger partial charge in [0.05, 0.1) is 0 Å². The van der Waals surface area contributed by atoms with Crippen molar-refractivity contribution in [2.24, 2.45) is 11.1 Å². The zero-order valence-corrected chi connectivity index (χ0v) is 7.39. The van der Waals surface area contributed by atoms with Crippen molar-refractivity contribution in [1.29, 1.82) is 0 Å². The maximum Gasteiger partial charge on any atom is 0.123 e. The van der Waals surface area contributed by atoms with Crippen LogP contribution in [0, 0.1) is 11.2 Å². The van der Waals surface area contributed by atoms with Crippen LogP contribution in [0.25, 0.3) is 0 Å². The topological polar surface area (TPSA) is 26.0 Å². The molecule has 2 heteroatoms. The molecule has 1 fully saturated rings. The molecule has 2 aliphatic carbocycles. The summed E-state index contributed by atoms with van der Waals surface area (Å²) >= 11 is 0. The van der Waals surface area contributed by atoms with Gasteiger partial charge in [-0.2, -0.15) is 0 Å². The predicted octanol–water partition coefficient (Wildman–Crippen LogP) is 2.16. The summed E-state index contributed by atoms with van der Waals surface area (Å²) in [5, 5.41) is 0. The van der Waals surface area contributed by atoms with Crippen LogP contribution in [0.4, 0.5) is 4.39 Å². The molecular weight excluding hydrogens is 165 g/mol. The van der Waals surface area contributed by atoms with Gasteiger partial charge >= 0.3 is 0 Å². The van der Waals surface area contributed by atoms with Gasteiger partial charge in [-0.05, 0) is 47.9 Å². The van der Waals surface area contributed by atoms with Gasteiger partial charge in [0.1, 0.15) is 5.82 Å². The van der Waals surface area contributed by atoms with E-state index in [0.717, 1.165) is 12.0 Å². The number of hydrogen-bond donors (Lipinski definition) is 1. The average Bonchev–Trinajstić information content (AvgIpc) is 2.83. The molecule has 2 aliphatic rings.